The Hall–Kier alpha value is -3.08. The van der Waals surface area contributed by atoms with Gasteiger partial charge in [-0.3, -0.25) is 0 Å². The molecule has 0 radical (unpaired) electrons. The van der Waals surface area contributed by atoms with Crippen molar-refractivity contribution in [1.82, 2.24) is 4.98 Å². The third-order valence-electron chi connectivity index (χ3n) is 3.42. The summed E-state index contributed by atoms with van der Waals surface area (Å²) in [7, 11) is 1.57. The molecule has 3 rings (SSSR count). The molecule has 5 nitrogen and oxygen atoms in total. The van der Waals surface area contributed by atoms with Gasteiger partial charge in [-0.1, -0.05) is 30.3 Å². The number of oxazole rings is 1. The number of nitrogens with zero attached hydrogens (tertiary/aromatic N) is 1. The zero-order valence-corrected chi connectivity index (χ0v) is 12.5. The van der Waals surface area contributed by atoms with E-state index in [0.717, 1.165) is 5.56 Å². The largest absolute Gasteiger partial charge is 0.497 e. The summed E-state index contributed by atoms with van der Waals surface area (Å²) in [5.74, 6) is 0.207. The summed E-state index contributed by atoms with van der Waals surface area (Å²) in [5, 5.41) is 9.36. The van der Waals surface area contributed by atoms with Gasteiger partial charge in [-0.15, -0.1) is 0 Å². The van der Waals surface area contributed by atoms with E-state index in [1.54, 1.807) is 31.4 Å². The Balaban J connectivity index is 1.96. The quantitative estimate of drug-likeness (QED) is 0.779. The highest BCUT2D eigenvalue weighted by atomic mass is 16.5. The molecular weight excluding hydrogens is 294 g/mol. The Morgan fingerprint density at radius 1 is 1.13 bits per heavy atom. The predicted octanol–water partition coefficient (Wildman–Crippen LogP) is 3.64. The van der Waals surface area contributed by atoms with E-state index in [1.165, 1.54) is 0 Å². The van der Waals surface area contributed by atoms with E-state index >= 15 is 0 Å². The Labute approximate surface area is 133 Å². The van der Waals surface area contributed by atoms with Crippen molar-refractivity contribution in [3.63, 3.8) is 0 Å². The van der Waals surface area contributed by atoms with Crippen LogP contribution in [0.25, 0.3) is 11.3 Å². The Morgan fingerprint density at radius 2 is 1.83 bits per heavy atom. The Kier molecular flexibility index (Phi) is 4.10. The molecule has 3 aromatic rings. The maximum Gasteiger partial charge on any atom is 0.358 e. The summed E-state index contributed by atoms with van der Waals surface area (Å²) < 4.78 is 10.8. The van der Waals surface area contributed by atoms with Gasteiger partial charge in [0.2, 0.25) is 0 Å². The van der Waals surface area contributed by atoms with Crippen molar-refractivity contribution in [2.45, 2.75) is 6.42 Å². The SMILES string of the molecule is COc1ccc(-c2oc(Cc3ccccc3)nc2C(=O)O)cc1. The zero-order valence-electron chi connectivity index (χ0n) is 12.5. The van der Waals surface area contributed by atoms with Gasteiger partial charge < -0.3 is 14.3 Å². The van der Waals surface area contributed by atoms with Gasteiger partial charge in [-0.25, -0.2) is 9.78 Å². The number of aromatic carboxylic acids is 1. The number of benzene rings is 2. The number of methoxy groups -OCH3 is 1. The summed E-state index contributed by atoms with van der Waals surface area (Å²) in [6.45, 7) is 0. The van der Waals surface area contributed by atoms with E-state index in [0.29, 0.717) is 23.6 Å². The van der Waals surface area contributed by atoms with Crippen molar-refractivity contribution in [2.75, 3.05) is 7.11 Å². The lowest BCUT2D eigenvalue weighted by molar-refractivity contribution is 0.0691. The molecule has 2 aromatic carbocycles. The zero-order chi connectivity index (χ0) is 16.2. The van der Waals surface area contributed by atoms with Crippen LogP contribution in [0.1, 0.15) is 21.9 Å². The summed E-state index contributed by atoms with van der Waals surface area (Å²) in [6.07, 6.45) is 0.442. The number of hydrogen-bond acceptors (Lipinski definition) is 4. The number of rotatable bonds is 5. The number of carboxylic acid groups (broad SMARTS) is 1. The van der Waals surface area contributed by atoms with Gasteiger partial charge >= 0.3 is 5.97 Å². The van der Waals surface area contributed by atoms with E-state index in [2.05, 4.69) is 4.98 Å². The minimum atomic E-state index is -1.11. The smallest absolute Gasteiger partial charge is 0.358 e. The van der Waals surface area contributed by atoms with Crippen LogP contribution in [0.3, 0.4) is 0 Å². The van der Waals surface area contributed by atoms with Crippen LogP contribution in [-0.4, -0.2) is 23.2 Å². The van der Waals surface area contributed by atoms with Gasteiger partial charge in [0.1, 0.15) is 5.75 Å². The molecule has 0 bridgehead atoms. The first-order valence-corrected chi connectivity index (χ1v) is 7.08. The average molecular weight is 309 g/mol. The molecule has 1 N–H and O–H groups in total. The molecule has 0 fully saturated rings. The fourth-order valence-corrected chi connectivity index (χ4v) is 2.29. The molecular formula is C18H15NO4. The number of aromatic nitrogens is 1. The molecule has 5 heteroatoms. The summed E-state index contributed by atoms with van der Waals surface area (Å²) in [6, 6.07) is 16.6. The first-order chi connectivity index (χ1) is 11.2. The van der Waals surface area contributed by atoms with Crippen LogP contribution in [0.2, 0.25) is 0 Å². The fraction of sp³-hybridized carbons (Fsp3) is 0.111. The number of carbonyl (C=O) groups is 1. The maximum atomic E-state index is 11.4. The number of carboxylic acids is 1. The molecule has 23 heavy (non-hydrogen) atoms. The molecule has 0 aliphatic carbocycles. The Morgan fingerprint density at radius 3 is 2.43 bits per heavy atom. The number of hydrogen-bond donors (Lipinski definition) is 1. The average Bonchev–Trinajstić information content (AvgIpc) is 3.00. The van der Waals surface area contributed by atoms with Gasteiger partial charge in [0, 0.05) is 12.0 Å². The molecule has 0 aliphatic rings. The van der Waals surface area contributed by atoms with Crippen molar-refractivity contribution in [2.24, 2.45) is 0 Å². The monoisotopic (exact) mass is 309 g/mol. The molecule has 0 amide bonds. The second-order valence-corrected chi connectivity index (χ2v) is 4.98. The van der Waals surface area contributed by atoms with E-state index in [4.69, 9.17) is 9.15 Å². The van der Waals surface area contributed by atoms with Gasteiger partial charge in [-0.2, -0.15) is 0 Å². The van der Waals surface area contributed by atoms with Gasteiger partial charge in [0.05, 0.1) is 7.11 Å². The minimum absolute atomic E-state index is 0.0823. The van der Waals surface area contributed by atoms with Gasteiger partial charge in [-0.05, 0) is 29.8 Å². The predicted molar refractivity (Wildman–Crippen MR) is 84.7 cm³/mol. The van der Waals surface area contributed by atoms with E-state index < -0.39 is 5.97 Å². The van der Waals surface area contributed by atoms with Gasteiger partial charge in [0.15, 0.2) is 17.3 Å². The van der Waals surface area contributed by atoms with Crippen LogP contribution in [0.15, 0.2) is 59.0 Å². The highest BCUT2D eigenvalue weighted by Gasteiger charge is 2.21. The summed E-state index contributed by atoms with van der Waals surface area (Å²) in [5.41, 5.74) is 1.57. The summed E-state index contributed by atoms with van der Waals surface area (Å²) in [4.78, 5) is 15.6. The maximum absolute atomic E-state index is 11.4. The van der Waals surface area contributed by atoms with E-state index in [-0.39, 0.29) is 11.5 Å². The van der Waals surface area contributed by atoms with Crippen molar-refractivity contribution in [3.05, 3.63) is 71.7 Å². The topological polar surface area (TPSA) is 72.6 Å². The molecule has 116 valence electrons. The van der Waals surface area contributed by atoms with Crippen LogP contribution in [0.4, 0.5) is 0 Å². The second kappa shape index (κ2) is 6.36. The highest BCUT2D eigenvalue weighted by molar-refractivity contribution is 5.92. The molecule has 0 unspecified atom stereocenters. The molecule has 0 atom stereocenters. The molecule has 1 heterocycles. The molecule has 0 aliphatic heterocycles. The van der Waals surface area contributed by atoms with Crippen molar-refractivity contribution < 1.29 is 19.1 Å². The first-order valence-electron chi connectivity index (χ1n) is 7.08. The fourth-order valence-electron chi connectivity index (χ4n) is 2.29. The van der Waals surface area contributed by atoms with Crippen LogP contribution >= 0.6 is 0 Å². The highest BCUT2D eigenvalue weighted by Crippen LogP contribution is 2.27. The molecule has 0 spiro atoms. The van der Waals surface area contributed by atoms with Crippen molar-refractivity contribution in [1.29, 1.82) is 0 Å². The van der Waals surface area contributed by atoms with E-state index in [9.17, 15) is 9.90 Å². The van der Waals surface area contributed by atoms with Crippen LogP contribution < -0.4 is 4.74 Å². The van der Waals surface area contributed by atoms with Gasteiger partial charge in [0.25, 0.3) is 0 Å². The normalized spacial score (nSPS) is 10.5. The lowest BCUT2D eigenvalue weighted by Crippen LogP contribution is -1.99. The molecule has 0 saturated carbocycles. The second-order valence-electron chi connectivity index (χ2n) is 4.98. The van der Waals surface area contributed by atoms with Crippen molar-refractivity contribution in [3.8, 4) is 17.1 Å². The number of ether oxygens (including phenoxy) is 1. The van der Waals surface area contributed by atoms with Crippen LogP contribution in [0.5, 0.6) is 5.75 Å². The lowest BCUT2D eigenvalue weighted by Gasteiger charge is -2.01. The first kappa shape index (κ1) is 14.8. The standard InChI is InChI=1S/C18H15NO4/c1-22-14-9-7-13(8-10-14)17-16(18(20)21)19-15(23-17)11-12-5-3-2-4-6-12/h2-10H,11H2,1H3,(H,20,21). The lowest BCUT2D eigenvalue weighted by atomic mass is 10.1. The molecule has 1 aromatic heterocycles. The summed E-state index contributed by atoms with van der Waals surface area (Å²) >= 11 is 0. The third kappa shape index (κ3) is 3.23. The minimum Gasteiger partial charge on any atom is -0.497 e. The van der Waals surface area contributed by atoms with Crippen LogP contribution in [-0.2, 0) is 6.42 Å². The molecule has 0 saturated heterocycles. The van der Waals surface area contributed by atoms with Crippen LogP contribution in [0, 0.1) is 0 Å². The Bertz CT molecular complexity index is 807. The third-order valence-corrected chi connectivity index (χ3v) is 3.42. The van der Waals surface area contributed by atoms with Crippen molar-refractivity contribution >= 4 is 5.97 Å². The van der Waals surface area contributed by atoms with E-state index in [1.807, 2.05) is 30.3 Å².